The van der Waals surface area contributed by atoms with E-state index in [-0.39, 0.29) is 0 Å². The number of carbonyl (C=O) groups is 4. The van der Waals surface area contributed by atoms with Crippen LogP contribution in [0.25, 0.3) is 0 Å². The van der Waals surface area contributed by atoms with Crippen molar-refractivity contribution in [2.24, 2.45) is 5.16 Å². The minimum Gasteiger partial charge on any atom is -0.478 e. The van der Waals surface area contributed by atoms with E-state index < -0.39 is 23.9 Å². The monoisotopic (exact) mass is 539 g/mol. The highest BCUT2D eigenvalue weighted by Crippen LogP contribution is 2.22. The molecule has 214 valence electrons. The van der Waals surface area contributed by atoms with Crippen molar-refractivity contribution < 1.29 is 44.4 Å². The summed E-state index contributed by atoms with van der Waals surface area (Å²) in [6.45, 7) is 8.87. The molecular weight excluding hydrogens is 498 g/mol. The van der Waals surface area contributed by atoms with Crippen molar-refractivity contribution in [3.63, 3.8) is 0 Å². The van der Waals surface area contributed by atoms with E-state index in [0.717, 1.165) is 32.4 Å². The van der Waals surface area contributed by atoms with Gasteiger partial charge in [-0.3, -0.25) is 0 Å². The molecule has 1 heterocycles. The zero-order chi connectivity index (χ0) is 28.8. The summed E-state index contributed by atoms with van der Waals surface area (Å²) in [6, 6.07) is 0. The Balaban J connectivity index is 0.000000705. The summed E-state index contributed by atoms with van der Waals surface area (Å²) >= 11 is 0. The van der Waals surface area contributed by atoms with Crippen LogP contribution in [-0.2, 0) is 24.0 Å². The number of carboxylic acid groups (broad SMARTS) is 4. The summed E-state index contributed by atoms with van der Waals surface area (Å²) in [4.78, 5) is 48.7. The Morgan fingerprint density at radius 3 is 1.82 bits per heavy atom. The molecule has 1 aliphatic heterocycles. The molecule has 2 fully saturated rings. The van der Waals surface area contributed by atoms with E-state index >= 15 is 0 Å². The summed E-state index contributed by atoms with van der Waals surface area (Å²) < 4.78 is 0. The van der Waals surface area contributed by atoms with Gasteiger partial charge in [-0.25, -0.2) is 19.2 Å². The van der Waals surface area contributed by atoms with E-state index in [9.17, 15) is 19.2 Å². The fraction of sp³-hybridized carbons (Fsp3) is 0.577. The van der Waals surface area contributed by atoms with Gasteiger partial charge in [0.1, 0.15) is 6.61 Å². The Kier molecular flexibility index (Phi) is 19.6. The second-order valence-corrected chi connectivity index (χ2v) is 8.61. The van der Waals surface area contributed by atoms with Crippen molar-refractivity contribution in [3.05, 3.63) is 36.0 Å². The van der Waals surface area contributed by atoms with Gasteiger partial charge in [-0.15, -0.1) is 0 Å². The zero-order valence-electron chi connectivity index (χ0n) is 22.3. The molecule has 0 aromatic rings. The van der Waals surface area contributed by atoms with E-state index in [2.05, 4.69) is 35.0 Å². The number of nitrogens with zero attached hydrogens (tertiary/aromatic N) is 3. The number of aliphatic carboxylic acids is 4. The van der Waals surface area contributed by atoms with Crippen molar-refractivity contribution in [2.75, 3.05) is 46.4 Å². The number of piperazine rings is 1. The van der Waals surface area contributed by atoms with Crippen LogP contribution in [0, 0.1) is 0 Å². The average molecular weight is 540 g/mol. The third-order valence-corrected chi connectivity index (χ3v) is 5.38. The van der Waals surface area contributed by atoms with Crippen molar-refractivity contribution in [1.82, 2.24) is 9.80 Å². The largest absolute Gasteiger partial charge is 0.478 e. The molecule has 0 spiro atoms. The lowest BCUT2D eigenvalue weighted by molar-refractivity contribution is -0.134. The van der Waals surface area contributed by atoms with Gasteiger partial charge in [0, 0.05) is 57.0 Å². The van der Waals surface area contributed by atoms with Crippen LogP contribution in [0.4, 0.5) is 0 Å². The second kappa shape index (κ2) is 21.6. The van der Waals surface area contributed by atoms with Crippen LogP contribution >= 0.6 is 0 Å². The van der Waals surface area contributed by atoms with Gasteiger partial charge >= 0.3 is 23.9 Å². The number of oxime groups is 1. The molecule has 0 aromatic heterocycles. The molecule has 1 saturated heterocycles. The van der Waals surface area contributed by atoms with Gasteiger partial charge in [0.15, 0.2) is 0 Å². The lowest BCUT2D eigenvalue weighted by Gasteiger charge is -2.32. The lowest BCUT2D eigenvalue weighted by Crippen LogP contribution is -2.44. The highest BCUT2D eigenvalue weighted by Gasteiger charge is 2.14. The first kappa shape index (κ1) is 34.5. The van der Waals surface area contributed by atoms with E-state index in [4.69, 9.17) is 25.3 Å². The molecule has 0 unspecified atom stereocenters. The predicted octanol–water partition coefficient (Wildman–Crippen LogP) is 2.72. The first-order valence-electron chi connectivity index (χ1n) is 12.6. The van der Waals surface area contributed by atoms with Gasteiger partial charge in [-0.05, 0) is 51.1 Å². The molecule has 1 aliphatic carbocycles. The van der Waals surface area contributed by atoms with Crippen molar-refractivity contribution in [2.45, 2.75) is 51.9 Å². The van der Waals surface area contributed by atoms with Crippen LogP contribution in [-0.4, -0.2) is 106 Å². The number of allylic oxidation sites excluding steroid dienone is 2. The fourth-order valence-corrected chi connectivity index (χ4v) is 3.39. The molecule has 0 aromatic carbocycles. The second-order valence-electron chi connectivity index (χ2n) is 8.61. The number of likely N-dealkylation sites (N-methyl/N-ethyl adjacent to an activating group) is 1. The third-order valence-electron chi connectivity index (χ3n) is 5.38. The number of hydrogen-bond acceptors (Lipinski definition) is 8. The van der Waals surface area contributed by atoms with Crippen LogP contribution in [0.2, 0.25) is 0 Å². The summed E-state index contributed by atoms with van der Waals surface area (Å²) in [5, 5.41) is 35.7. The molecule has 0 bridgehead atoms. The third kappa shape index (κ3) is 20.7. The zero-order valence-corrected chi connectivity index (χ0v) is 22.3. The molecule has 1 saturated carbocycles. The Morgan fingerprint density at radius 2 is 1.34 bits per heavy atom. The Labute approximate surface area is 223 Å². The Hall–Kier alpha value is -3.51. The Morgan fingerprint density at radius 1 is 0.842 bits per heavy atom. The maximum absolute atomic E-state index is 9.55. The first-order chi connectivity index (χ1) is 18.0. The van der Waals surface area contributed by atoms with Crippen LogP contribution in [0.5, 0.6) is 0 Å². The highest BCUT2D eigenvalue weighted by atomic mass is 16.6. The van der Waals surface area contributed by atoms with E-state index in [1.54, 1.807) is 0 Å². The molecular formula is C26H41N3O9. The molecule has 0 radical (unpaired) electrons. The topological polar surface area (TPSA) is 177 Å². The van der Waals surface area contributed by atoms with E-state index in [0.29, 0.717) is 24.3 Å². The quantitative estimate of drug-likeness (QED) is 0.172. The molecule has 38 heavy (non-hydrogen) atoms. The van der Waals surface area contributed by atoms with E-state index in [1.807, 2.05) is 0 Å². The van der Waals surface area contributed by atoms with Gasteiger partial charge in [-0.2, -0.15) is 0 Å². The van der Waals surface area contributed by atoms with E-state index in [1.165, 1.54) is 63.1 Å². The maximum atomic E-state index is 9.55. The van der Waals surface area contributed by atoms with Gasteiger partial charge < -0.3 is 35.1 Å². The summed E-state index contributed by atoms with van der Waals surface area (Å²) in [5.74, 6) is -5.03. The van der Waals surface area contributed by atoms with Gasteiger partial charge in [0.2, 0.25) is 0 Å². The normalized spacial score (nSPS) is 18.5. The molecule has 4 N–H and O–H groups in total. The van der Waals surface area contributed by atoms with Crippen molar-refractivity contribution in [3.8, 4) is 0 Å². The number of carboxylic acids is 4. The van der Waals surface area contributed by atoms with Crippen LogP contribution in [0.3, 0.4) is 0 Å². The smallest absolute Gasteiger partial charge is 0.328 e. The Bertz CT molecular complexity index is 792. The summed E-state index contributed by atoms with van der Waals surface area (Å²) in [6.07, 6.45) is 12.9. The van der Waals surface area contributed by atoms with Gasteiger partial charge in [0.05, 0.1) is 5.71 Å². The van der Waals surface area contributed by atoms with Gasteiger partial charge in [0.25, 0.3) is 0 Å². The van der Waals surface area contributed by atoms with Crippen molar-refractivity contribution in [1.29, 1.82) is 0 Å². The molecule has 12 heteroatoms. The minimum atomic E-state index is -1.26. The molecule has 2 rings (SSSR count). The standard InChI is InChI=1S/C18H33N3O.2C4H4O4/c1-3-4-8-17-9-5-6-10-18(17)19-22-16-7-11-21-14-12-20(2)13-15-21;2*5-3(6)1-2-4(7)8/h8H,3-7,9-16H2,1-2H3;2*1-2H,(H,5,6)(H,7,8)/b17-8-,19-18+;2*2-1+. The summed E-state index contributed by atoms with van der Waals surface area (Å²) in [7, 11) is 2.20. The molecule has 0 atom stereocenters. The molecule has 0 amide bonds. The van der Waals surface area contributed by atoms with Crippen LogP contribution in [0.15, 0.2) is 41.1 Å². The van der Waals surface area contributed by atoms with Gasteiger partial charge in [-0.1, -0.05) is 24.6 Å². The summed E-state index contributed by atoms with van der Waals surface area (Å²) in [5.41, 5.74) is 2.64. The lowest BCUT2D eigenvalue weighted by atomic mass is 9.92. The number of hydrogen-bond donors (Lipinski definition) is 4. The first-order valence-corrected chi connectivity index (χ1v) is 12.6. The van der Waals surface area contributed by atoms with Crippen molar-refractivity contribution >= 4 is 29.6 Å². The predicted molar refractivity (Wildman–Crippen MR) is 142 cm³/mol. The highest BCUT2D eigenvalue weighted by molar-refractivity contribution is 6.00. The maximum Gasteiger partial charge on any atom is 0.328 e. The number of unbranched alkanes of at least 4 members (excludes halogenated alkanes) is 1. The number of rotatable bonds is 11. The average Bonchev–Trinajstić information content (AvgIpc) is 2.87. The molecule has 2 aliphatic rings. The fourth-order valence-electron chi connectivity index (χ4n) is 3.39. The molecule has 12 nitrogen and oxygen atoms in total. The van der Waals surface area contributed by atoms with Crippen LogP contribution in [0.1, 0.15) is 51.9 Å². The SMILES string of the molecule is CCC/C=C1/CCCC/C1=N\OCCCN1CCN(C)CC1.O=C(O)/C=C/C(=O)O.O=C(O)/C=C/C(=O)O. The minimum absolute atomic E-state index is 0.558. The van der Waals surface area contributed by atoms with Crippen LogP contribution < -0.4 is 0 Å².